The normalized spacial score (nSPS) is 20.6. The number of hydrogen-bond donors (Lipinski definition) is 2. The minimum absolute atomic E-state index is 0.0291. The number of aryl methyl sites for hydroxylation is 2. The van der Waals surface area contributed by atoms with E-state index in [0.717, 1.165) is 63.2 Å². The lowest BCUT2D eigenvalue weighted by molar-refractivity contribution is 0.144. The maximum Gasteiger partial charge on any atom is 0.332 e. The van der Waals surface area contributed by atoms with Gasteiger partial charge in [-0.15, -0.1) is 0 Å². The highest BCUT2D eigenvalue weighted by Gasteiger charge is 2.27. The fourth-order valence-corrected chi connectivity index (χ4v) is 6.36. The van der Waals surface area contributed by atoms with Crippen LogP contribution in [-0.2, 0) is 35.7 Å². The zero-order valence-electron chi connectivity index (χ0n) is 18.3. The molecule has 1 fully saturated rings. The van der Waals surface area contributed by atoms with Gasteiger partial charge in [0.1, 0.15) is 0 Å². The van der Waals surface area contributed by atoms with Crippen LogP contribution < -0.4 is 10.0 Å². The summed E-state index contributed by atoms with van der Waals surface area (Å²) in [4.78, 5) is 15.0. The van der Waals surface area contributed by atoms with E-state index in [0.29, 0.717) is 6.42 Å². The van der Waals surface area contributed by atoms with Crippen molar-refractivity contribution in [3.63, 3.8) is 0 Å². The van der Waals surface area contributed by atoms with E-state index in [1.165, 1.54) is 35.1 Å². The average Bonchev–Trinajstić information content (AvgIpc) is 3.35. The molecule has 7 heteroatoms. The third-order valence-electron chi connectivity index (χ3n) is 7.21. The van der Waals surface area contributed by atoms with Gasteiger partial charge in [0, 0.05) is 11.7 Å². The third-order valence-corrected chi connectivity index (χ3v) is 8.48. The van der Waals surface area contributed by atoms with Crippen LogP contribution in [0.4, 0.5) is 10.5 Å². The van der Waals surface area contributed by atoms with Crippen LogP contribution in [0.1, 0.15) is 68.2 Å². The Bertz CT molecular complexity index is 873. The number of likely N-dealkylation sites (tertiary alicyclic amines) is 1. The zero-order chi connectivity index (χ0) is 21.3. The van der Waals surface area contributed by atoms with E-state index in [-0.39, 0.29) is 11.8 Å². The summed E-state index contributed by atoms with van der Waals surface area (Å²) in [6.07, 6.45) is 9.07. The molecular formula is C23H35N3O3S. The second-order valence-electron chi connectivity index (χ2n) is 9.47. The van der Waals surface area contributed by atoms with Crippen molar-refractivity contribution in [2.45, 2.75) is 77.7 Å². The van der Waals surface area contributed by atoms with Gasteiger partial charge in [0.25, 0.3) is 0 Å². The number of piperidine rings is 1. The Hall–Kier alpha value is -1.60. The first-order chi connectivity index (χ1) is 14.3. The van der Waals surface area contributed by atoms with Gasteiger partial charge in [-0.25, -0.2) is 17.9 Å². The Morgan fingerprint density at radius 3 is 2.30 bits per heavy atom. The highest BCUT2D eigenvalue weighted by Crippen LogP contribution is 2.38. The molecular weight excluding hydrogens is 398 g/mol. The number of hydrogen-bond acceptors (Lipinski definition) is 4. The summed E-state index contributed by atoms with van der Waals surface area (Å²) in [5, 5.41) is 2.91. The predicted molar refractivity (Wildman–Crippen MR) is 120 cm³/mol. The summed E-state index contributed by atoms with van der Waals surface area (Å²) in [7, 11) is -3.66. The van der Waals surface area contributed by atoms with Crippen LogP contribution in [0, 0.1) is 5.92 Å². The van der Waals surface area contributed by atoms with Crippen molar-refractivity contribution >= 4 is 21.7 Å². The van der Waals surface area contributed by atoms with Crippen molar-refractivity contribution < 1.29 is 13.2 Å². The van der Waals surface area contributed by atoms with Crippen LogP contribution >= 0.6 is 0 Å². The predicted octanol–water partition coefficient (Wildman–Crippen LogP) is 3.63. The Balaban J connectivity index is 1.35. The van der Waals surface area contributed by atoms with Crippen LogP contribution in [0.2, 0.25) is 0 Å². The van der Waals surface area contributed by atoms with Gasteiger partial charge in [-0.3, -0.25) is 0 Å². The Morgan fingerprint density at radius 1 is 1.10 bits per heavy atom. The Labute approximate surface area is 180 Å². The average molecular weight is 434 g/mol. The van der Waals surface area contributed by atoms with Crippen molar-refractivity contribution in [1.29, 1.82) is 0 Å². The zero-order valence-corrected chi connectivity index (χ0v) is 19.1. The topological polar surface area (TPSA) is 78.5 Å². The summed E-state index contributed by atoms with van der Waals surface area (Å²) in [5.41, 5.74) is 5.92. The lowest BCUT2D eigenvalue weighted by Crippen LogP contribution is -2.42. The van der Waals surface area contributed by atoms with Gasteiger partial charge in [-0.1, -0.05) is 13.0 Å². The number of amides is 2. The molecule has 2 amide bonds. The molecule has 6 nitrogen and oxygen atoms in total. The van der Waals surface area contributed by atoms with Crippen molar-refractivity contribution in [2.24, 2.45) is 5.92 Å². The molecule has 0 aromatic heterocycles. The summed E-state index contributed by atoms with van der Waals surface area (Å²) < 4.78 is 27.4. The van der Waals surface area contributed by atoms with Gasteiger partial charge >= 0.3 is 6.03 Å². The number of carbonyl (C=O) groups is 1. The molecule has 166 valence electrons. The molecule has 1 heterocycles. The van der Waals surface area contributed by atoms with E-state index in [1.807, 2.05) is 0 Å². The maximum atomic E-state index is 12.6. The highest BCUT2D eigenvalue weighted by molar-refractivity contribution is 7.90. The molecule has 1 aromatic rings. The van der Waals surface area contributed by atoms with Crippen LogP contribution in [-0.4, -0.2) is 44.2 Å². The molecule has 2 aliphatic carbocycles. The van der Waals surface area contributed by atoms with Gasteiger partial charge in [0.2, 0.25) is 10.0 Å². The number of urea groups is 1. The lowest BCUT2D eigenvalue weighted by atomic mass is 9.98. The number of sulfonamides is 1. The lowest BCUT2D eigenvalue weighted by Gasteiger charge is -2.34. The summed E-state index contributed by atoms with van der Waals surface area (Å²) >= 11 is 0. The molecule has 1 aliphatic heterocycles. The Kier molecular flexibility index (Phi) is 6.39. The number of benzene rings is 1. The van der Waals surface area contributed by atoms with E-state index in [4.69, 9.17) is 0 Å². The first-order valence-corrected chi connectivity index (χ1v) is 13.2. The minimum atomic E-state index is -3.66. The fourth-order valence-electron chi connectivity index (χ4n) is 5.28. The van der Waals surface area contributed by atoms with Gasteiger partial charge in [-0.2, -0.15) is 0 Å². The fraction of sp³-hybridized carbons (Fsp3) is 0.696. The van der Waals surface area contributed by atoms with E-state index in [2.05, 4.69) is 34.9 Å². The first-order valence-electron chi connectivity index (χ1n) is 11.5. The van der Waals surface area contributed by atoms with Crippen molar-refractivity contribution in [3.8, 4) is 0 Å². The van der Waals surface area contributed by atoms with E-state index in [1.54, 1.807) is 0 Å². The van der Waals surface area contributed by atoms with Crippen molar-refractivity contribution in [3.05, 3.63) is 28.3 Å². The van der Waals surface area contributed by atoms with Gasteiger partial charge in [-0.05, 0) is 106 Å². The number of rotatable bonds is 6. The Morgan fingerprint density at radius 2 is 1.70 bits per heavy atom. The maximum absolute atomic E-state index is 12.6. The summed E-state index contributed by atoms with van der Waals surface area (Å²) in [5.74, 6) is 0.724. The molecule has 0 spiro atoms. The highest BCUT2D eigenvalue weighted by atomic mass is 32.2. The SMILES string of the molecule is CC1CCN(C(C)CCS(=O)(=O)NC(=O)Nc2c3c(cc4c2CCC4)CCC3)CC1. The number of carbonyl (C=O) groups excluding carboxylic acids is 1. The van der Waals surface area contributed by atoms with Crippen LogP contribution in [0.15, 0.2) is 6.07 Å². The van der Waals surface area contributed by atoms with Gasteiger partial charge in [0.15, 0.2) is 0 Å². The summed E-state index contributed by atoms with van der Waals surface area (Å²) in [6, 6.07) is 1.88. The molecule has 1 saturated heterocycles. The van der Waals surface area contributed by atoms with Gasteiger partial charge < -0.3 is 10.2 Å². The molecule has 1 unspecified atom stereocenters. The minimum Gasteiger partial charge on any atom is -0.307 e. The molecule has 0 saturated carbocycles. The molecule has 3 aliphatic rings. The van der Waals surface area contributed by atoms with Crippen LogP contribution in [0.25, 0.3) is 0 Å². The largest absolute Gasteiger partial charge is 0.332 e. The number of anilines is 1. The first kappa shape index (κ1) is 21.6. The number of nitrogens with zero attached hydrogens (tertiary/aromatic N) is 1. The number of nitrogens with one attached hydrogen (secondary N) is 2. The number of fused-ring (bicyclic) bond motifs is 2. The summed E-state index contributed by atoms with van der Waals surface area (Å²) in [6.45, 7) is 6.41. The van der Waals surface area contributed by atoms with E-state index < -0.39 is 16.1 Å². The molecule has 0 bridgehead atoms. The standard InChI is InChI=1S/C23H35N3O3S/c1-16-9-12-26(13-10-16)17(2)11-14-30(28,29)25-23(27)24-22-20-7-3-5-18(20)15-19-6-4-8-21(19)22/h15-17H,3-14H2,1-2H3,(H2,24,25,27). The van der Waals surface area contributed by atoms with Crippen LogP contribution in [0.5, 0.6) is 0 Å². The molecule has 30 heavy (non-hydrogen) atoms. The van der Waals surface area contributed by atoms with E-state index in [9.17, 15) is 13.2 Å². The third kappa shape index (κ3) is 4.83. The van der Waals surface area contributed by atoms with Crippen LogP contribution in [0.3, 0.4) is 0 Å². The molecule has 2 N–H and O–H groups in total. The van der Waals surface area contributed by atoms with E-state index >= 15 is 0 Å². The second kappa shape index (κ2) is 8.87. The molecule has 1 atom stereocenters. The van der Waals surface area contributed by atoms with Gasteiger partial charge in [0.05, 0.1) is 5.75 Å². The molecule has 4 rings (SSSR count). The van der Waals surface area contributed by atoms with Crippen molar-refractivity contribution in [2.75, 3.05) is 24.2 Å². The molecule has 1 aromatic carbocycles. The monoisotopic (exact) mass is 433 g/mol. The quantitative estimate of drug-likeness (QED) is 0.718. The smallest absolute Gasteiger partial charge is 0.307 e. The molecule has 0 radical (unpaired) electrons. The second-order valence-corrected chi connectivity index (χ2v) is 11.3. The van der Waals surface area contributed by atoms with Crippen molar-refractivity contribution in [1.82, 2.24) is 9.62 Å².